The minimum Gasteiger partial charge on any atom is -0.346 e. The second-order valence-electron chi connectivity index (χ2n) is 7.80. The zero-order chi connectivity index (χ0) is 22.5. The van der Waals surface area contributed by atoms with Crippen molar-refractivity contribution in [1.29, 1.82) is 0 Å². The number of anilines is 1. The summed E-state index contributed by atoms with van der Waals surface area (Å²) in [6.07, 6.45) is 7.02. The zero-order valence-corrected chi connectivity index (χ0v) is 19.2. The summed E-state index contributed by atoms with van der Waals surface area (Å²) in [7, 11) is 0. The van der Waals surface area contributed by atoms with Gasteiger partial charge in [0.15, 0.2) is 11.5 Å². The van der Waals surface area contributed by atoms with Gasteiger partial charge in [-0.25, -0.2) is 14.5 Å². The maximum absolute atomic E-state index is 13.7. The molecule has 1 saturated heterocycles. The lowest BCUT2D eigenvalue weighted by molar-refractivity contribution is 0.602. The van der Waals surface area contributed by atoms with E-state index in [4.69, 9.17) is 16.7 Å². The number of aromatic amines is 1. The summed E-state index contributed by atoms with van der Waals surface area (Å²) in [5.74, 6) is 1.43. The van der Waals surface area contributed by atoms with E-state index in [0.29, 0.717) is 22.0 Å². The molecule has 0 spiro atoms. The molecule has 1 aliphatic rings. The van der Waals surface area contributed by atoms with Gasteiger partial charge in [0.25, 0.3) is 5.56 Å². The van der Waals surface area contributed by atoms with Gasteiger partial charge in [0, 0.05) is 12.7 Å². The highest BCUT2D eigenvalue weighted by Crippen LogP contribution is 2.39. The lowest BCUT2D eigenvalue weighted by atomic mass is 10.2. The maximum Gasteiger partial charge on any atom is 0.284 e. The average molecular weight is 479 g/mol. The van der Waals surface area contributed by atoms with Crippen LogP contribution in [0.1, 0.15) is 24.7 Å². The van der Waals surface area contributed by atoms with Gasteiger partial charge < -0.3 is 4.90 Å². The standard InChI is InChI=1S/C22H19ClN8OS/c1-33-21-16-18(26-27-21)24-12-25-20(16)29-10-5-8-15(29)19-28-30-11-9-14(23)17(30)22(32)31(19)13-6-3-2-4-7-13/h2-4,6-7,9,11-12,15H,5,8,10H2,1H3,(H,24,25,26,27)/t15-/m0/s1. The van der Waals surface area contributed by atoms with E-state index in [1.165, 1.54) is 0 Å². The Balaban J connectivity index is 1.60. The topological polar surface area (TPSA) is 97.0 Å². The smallest absolute Gasteiger partial charge is 0.284 e. The number of hydrogen-bond donors (Lipinski definition) is 1. The van der Waals surface area contributed by atoms with E-state index >= 15 is 0 Å². The van der Waals surface area contributed by atoms with Gasteiger partial charge in [-0.05, 0) is 37.3 Å². The van der Waals surface area contributed by atoms with Crippen molar-refractivity contribution < 1.29 is 0 Å². The number of aromatic nitrogens is 7. The molecule has 0 radical (unpaired) electrons. The SMILES string of the molecule is CSc1n[nH]c2ncnc(N3CCC[C@H]3c3nn4ccc(Cl)c4c(=O)n3-c3ccccc3)c12. The first-order valence-corrected chi connectivity index (χ1v) is 12.1. The van der Waals surface area contributed by atoms with E-state index < -0.39 is 0 Å². The van der Waals surface area contributed by atoms with Gasteiger partial charge in [0.05, 0.1) is 22.1 Å². The van der Waals surface area contributed by atoms with Crippen molar-refractivity contribution in [2.75, 3.05) is 17.7 Å². The number of halogens is 1. The van der Waals surface area contributed by atoms with E-state index in [0.717, 1.165) is 41.3 Å². The number of nitrogens with zero attached hydrogens (tertiary/aromatic N) is 7. The molecule has 0 unspecified atom stereocenters. The molecule has 11 heteroatoms. The molecular formula is C22H19ClN8OS. The molecular weight excluding hydrogens is 460 g/mol. The first-order chi connectivity index (χ1) is 16.2. The number of rotatable bonds is 4. The van der Waals surface area contributed by atoms with Crippen LogP contribution in [0.3, 0.4) is 0 Å². The van der Waals surface area contributed by atoms with Crippen LogP contribution in [0.5, 0.6) is 0 Å². The van der Waals surface area contributed by atoms with Crippen molar-refractivity contribution in [2.45, 2.75) is 23.9 Å². The Kier molecular flexibility index (Phi) is 4.84. The van der Waals surface area contributed by atoms with Gasteiger partial charge in [-0.3, -0.25) is 14.5 Å². The summed E-state index contributed by atoms with van der Waals surface area (Å²) in [5, 5.41) is 14.4. The molecule has 4 aromatic heterocycles. The van der Waals surface area contributed by atoms with E-state index in [2.05, 4.69) is 25.1 Å². The Labute approximate surface area is 197 Å². The normalized spacial score (nSPS) is 16.3. The van der Waals surface area contributed by atoms with Gasteiger partial charge in [-0.2, -0.15) is 10.2 Å². The number of fused-ring (bicyclic) bond motifs is 2. The van der Waals surface area contributed by atoms with Crippen molar-refractivity contribution in [3.05, 3.63) is 70.1 Å². The summed E-state index contributed by atoms with van der Waals surface area (Å²) >= 11 is 7.89. The molecule has 1 aliphatic heterocycles. The Morgan fingerprint density at radius 1 is 1.18 bits per heavy atom. The number of para-hydroxylation sites is 1. The van der Waals surface area contributed by atoms with Crippen LogP contribution in [0.25, 0.3) is 22.2 Å². The molecule has 166 valence electrons. The van der Waals surface area contributed by atoms with Crippen LogP contribution in [0.2, 0.25) is 5.02 Å². The van der Waals surface area contributed by atoms with Crippen molar-refractivity contribution in [1.82, 2.24) is 34.3 Å². The molecule has 6 rings (SSSR count). The Morgan fingerprint density at radius 2 is 2.03 bits per heavy atom. The average Bonchev–Trinajstić information content (AvgIpc) is 3.57. The highest BCUT2D eigenvalue weighted by molar-refractivity contribution is 7.98. The number of H-pyrrole nitrogens is 1. The highest BCUT2D eigenvalue weighted by Gasteiger charge is 2.34. The zero-order valence-electron chi connectivity index (χ0n) is 17.6. The Bertz CT molecular complexity index is 1540. The predicted molar refractivity (Wildman–Crippen MR) is 129 cm³/mol. The summed E-state index contributed by atoms with van der Waals surface area (Å²) in [4.78, 5) is 24.8. The van der Waals surface area contributed by atoms with Crippen LogP contribution in [0.15, 0.2) is 58.7 Å². The molecule has 1 atom stereocenters. The van der Waals surface area contributed by atoms with E-state index in [1.807, 2.05) is 36.6 Å². The fraction of sp³-hybridized carbons (Fsp3) is 0.227. The fourth-order valence-electron chi connectivity index (χ4n) is 4.56. The van der Waals surface area contributed by atoms with Crippen LogP contribution >= 0.6 is 23.4 Å². The van der Waals surface area contributed by atoms with Crippen molar-refractivity contribution in [3.63, 3.8) is 0 Å². The third kappa shape index (κ3) is 3.12. The minimum absolute atomic E-state index is 0.161. The van der Waals surface area contributed by atoms with Crippen LogP contribution < -0.4 is 10.5 Å². The van der Waals surface area contributed by atoms with Gasteiger partial charge in [-0.15, -0.1) is 11.8 Å². The number of hydrogen-bond acceptors (Lipinski definition) is 7. The third-order valence-electron chi connectivity index (χ3n) is 6.00. The first kappa shape index (κ1) is 20.3. The number of nitrogens with one attached hydrogen (secondary N) is 1. The number of thioether (sulfide) groups is 1. The fourth-order valence-corrected chi connectivity index (χ4v) is 5.31. The van der Waals surface area contributed by atoms with Gasteiger partial charge >= 0.3 is 0 Å². The third-order valence-corrected chi connectivity index (χ3v) is 6.98. The van der Waals surface area contributed by atoms with Gasteiger partial charge in [-0.1, -0.05) is 29.8 Å². The molecule has 0 bridgehead atoms. The molecule has 0 saturated carbocycles. The molecule has 5 heterocycles. The number of benzene rings is 1. The quantitative estimate of drug-likeness (QED) is 0.391. The Morgan fingerprint density at radius 3 is 2.85 bits per heavy atom. The summed E-state index contributed by atoms with van der Waals surface area (Å²) in [5.41, 5.74) is 1.60. The first-order valence-electron chi connectivity index (χ1n) is 10.5. The molecule has 5 aromatic rings. The van der Waals surface area contributed by atoms with Gasteiger partial charge in [0.1, 0.15) is 22.7 Å². The summed E-state index contributed by atoms with van der Waals surface area (Å²) in [6, 6.07) is 11.1. The van der Waals surface area contributed by atoms with E-state index in [9.17, 15) is 4.79 Å². The van der Waals surface area contributed by atoms with Crippen LogP contribution in [-0.4, -0.2) is 47.1 Å². The monoisotopic (exact) mass is 478 g/mol. The van der Waals surface area contributed by atoms with Crippen LogP contribution in [0, 0.1) is 0 Å². The van der Waals surface area contributed by atoms with E-state index in [-0.39, 0.29) is 11.6 Å². The van der Waals surface area contributed by atoms with Gasteiger partial charge in [0.2, 0.25) is 0 Å². The molecule has 1 aromatic carbocycles. The molecule has 9 nitrogen and oxygen atoms in total. The molecule has 1 fully saturated rings. The molecule has 0 amide bonds. The van der Waals surface area contributed by atoms with Crippen molar-refractivity contribution in [2.24, 2.45) is 0 Å². The van der Waals surface area contributed by atoms with Crippen LogP contribution in [-0.2, 0) is 0 Å². The highest BCUT2D eigenvalue weighted by atomic mass is 35.5. The lowest BCUT2D eigenvalue weighted by Gasteiger charge is -2.27. The van der Waals surface area contributed by atoms with Crippen LogP contribution in [0.4, 0.5) is 5.82 Å². The second kappa shape index (κ2) is 7.89. The Hall–Kier alpha value is -3.37. The lowest BCUT2D eigenvalue weighted by Crippen LogP contribution is -2.33. The predicted octanol–water partition coefficient (Wildman–Crippen LogP) is 3.87. The largest absolute Gasteiger partial charge is 0.346 e. The van der Waals surface area contributed by atoms with Crippen molar-refractivity contribution in [3.8, 4) is 5.69 Å². The second-order valence-corrected chi connectivity index (χ2v) is 9.00. The summed E-state index contributed by atoms with van der Waals surface area (Å²) in [6.45, 7) is 0.783. The van der Waals surface area contributed by atoms with E-state index in [1.54, 1.807) is 39.4 Å². The summed E-state index contributed by atoms with van der Waals surface area (Å²) < 4.78 is 3.25. The molecule has 0 aliphatic carbocycles. The minimum atomic E-state index is -0.200. The maximum atomic E-state index is 13.7. The molecule has 1 N–H and O–H groups in total. The van der Waals surface area contributed by atoms with Crippen molar-refractivity contribution >= 4 is 45.7 Å². The molecule has 33 heavy (non-hydrogen) atoms.